The van der Waals surface area contributed by atoms with Crippen LogP contribution < -0.4 is 5.32 Å². The fraction of sp³-hybridized carbons (Fsp3) is 0.182. The molecule has 0 aliphatic rings. The van der Waals surface area contributed by atoms with Gasteiger partial charge in [0.2, 0.25) is 0 Å². The summed E-state index contributed by atoms with van der Waals surface area (Å²) in [6, 6.07) is 5.87. The molecule has 1 amide bonds. The first-order valence-corrected chi connectivity index (χ1v) is 5.09. The summed E-state index contributed by atoms with van der Waals surface area (Å²) in [5, 5.41) is 12.2. The summed E-state index contributed by atoms with van der Waals surface area (Å²) in [5.41, 5.74) is 0.609. The number of amides is 1. The molecule has 1 aromatic carbocycles. The molecule has 5 nitrogen and oxygen atoms in total. The Morgan fingerprint density at radius 3 is 2.88 bits per heavy atom. The first-order valence-electron chi connectivity index (χ1n) is 5.09. The molecular weight excluding hydrogens is 223 g/mol. The third-order valence-electron chi connectivity index (χ3n) is 2.37. The molecule has 1 aromatic heterocycles. The van der Waals surface area contributed by atoms with E-state index in [1.165, 1.54) is 12.3 Å². The minimum absolute atomic E-state index is 0.174. The van der Waals surface area contributed by atoms with E-state index >= 15 is 0 Å². The number of benzene rings is 1. The van der Waals surface area contributed by atoms with Crippen LogP contribution in [0.4, 0.5) is 4.39 Å². The molecular formula is C11H11FN4O. The minimum atomic E-state index is -0.430. The minimum Gasteiger partial charge on any atom is -0.344 e. The molecule has 1 atom stereocenters. The molecule has 0 fully saturated rings. The fourth-order valence-electron chi connectivity index (χ4n) is 1.49. The van der Waals surface area contributed by atoms with Gasteiger partial charge in [-0.05, 0) is 13.0 Å². The van der Waals surface area contributed by atoms with Crippen LogP contribution in [0.25, 0.3) is 0 Å². The zero-order valence-electron chi connectivity index (χ0n) is 9.14. The Balaban J connectivity index is 2.10. The SMILES string of the molecule is CC(NC(=O)c1cn[nH]n1)c1ccccc1F. The molecule has 0 radical (unpaired) electrons. The largest absolute Gasteiger partial charge is 0.344 e. The molecule has 2 aromatic rings. The first-order chi connectivity index (χ1) is 8.18. The van der Waals surface area contributed by atoms with Crippen molar-refractivity contribution in [3.8, 4) is 0 Å². The smallest absolute Gasteiger partial charge is 0.273 e. The highest BCUT2D eigenvalue weighted by Gasteiger charge is 2.15. The molecule has 0 spiro atoms. The van der Waals surface area contributed by atoms with E-state index in [0.29, 0.717) is 5.56 Å². The van der Waals surface area contributed by atoms with Gasteiger partial charge in [0, 0.05) is 5.56 Å². The number of aromatic nitrogens is 3. The molecule has 6 heteroatoms. The molecule has 0 aliphatic heterocycles. The van der Waals surface area contributed by atoms with Crippen LogP contribution >= 0.6 is 0 Å². The topological polar surface area (TPSA) is 70.7 Å². The maximum atomic E-state index is 13.4. The zero-order valence-corrected chi connectivity index (χ0v) is 9.14. The van der Waals surface area contributed by atoms with Gasteiger partial charge in [0.05, 0.1) is 12.2 Å². The number of rotatable bonds is 3. The number of aromatic amines is 1. The molecule has 0 aliphatic carbocycles. The predicted octanol–water partition coefficient (Wildman–Crippen LogP) is 1.43. The summed E-state index contributed by atoms with van der Waals surface area (Å²) < 4.78 is 13.4. The van der Waals surface area contributed by atoms with Crippen LogP contribution in [-0.4, -0.2) is 21.3 Å². The van der Waals surface area contributed by atoms with Gasteiger partial charge in [0.15, 0.2) is 5.69 Å². The van der Waals surface area contributed by atoms with E-state index < -0.39 is 11.9 Å². The highest BCUT2D eigenvalue weighted by molar-refractivity contribution is 5.92. The Morgan fingerprint density at radius 1 is 1.47 bits per heavy atom. The number of H-pyrrole nitrogens is 1. The van der Waals surface area contributed by atoms with Gasteiger partial charge in [-0.1, -0.05) is 18.2 Å². The highest BCUT2D eigenvalue weighted by Crippen LogP contribution is 2.16. The third-order valence-corrected chi connectivity index (χ3v) is 2.37. The van der Waals surface area contributed by atoms with E-state index in [1.54, 1.807) is 25.1 Å². The van der Waals surface area contributed by atoms with Gasteiger partial charge < -0.3 is 5.32 Å². The van der Waals surface area contributed by atoms with E-state index in [9.17, 15) is 9.18 Å². The molecule has 2 rings (SSSR count). The molecule has 88 valence electrons. The molecule has 1 heterocycles. The van der Waals surface area contributed by atoms with Crippen molar-refractivity contribution in [2.75, 3.05) is 0 Å². The standard InChI is InChI=1S/C11H11FN4O/c1-7(8-4-2-3-5-9(8)12)14-11(17)10-6-13-16-15-10/h2-7H,1H3,(H,14,17)(H,13,15,16). The molecule has 0 bridgehead atoms. The van der Waals surface area contributed by atoms with Gasteiger partial charge in [-0.3, -0.25) is 4.79 Å². The molecule has 17 heavy (non-hydrogen) atoms. The maximum Gasteiger partial charge on any atom is 0.273 e. The second-order valence-electron chi connectivity index (χ2n) is 3.57. The summed E-state index contributed by atoms with van der Waals surface area (Å²) in [6.07, 6.45) is 1.31. The van der Waals surface area contributed by atoms with Gasteiger partial charge in [0.25, 0.3) is 5.91 Å². The summed E-state index contributed by atoms with van der Waals surface area (Å²) in [6.45, 7) is 1.70. The Morgan fingerprint density at radius 2 is 2.24 bits per heavy atom. The molecule has 1 unspecified atom stereocenters. The zero-order chi connectivity index (χ0) is 12.3. The summed E-state index contributed by atoms with van der Waals surface area (Å²) in [5.74, 6) is -0.741. The second kappa shape index (κ2) is 4.73. The lowest BCUT2D eigenvalue weighted by atomic mass is 10.1. The van der Waals surface area contributed by atoms with Crippen molar-refractivity contribution >= 4 is 5.91 Å². The van der Waals surface area contributed by atoms with E-state index in [1.807, 2.05) is 0 Å². The van der Waals surface area contributed by atoms with Crippen LogP contribution in [-0.2, 0) is 0 Å². The van der Waals surface area contributed by atoms with Crippen molar-refractivity contribution < 1.29 is 9.18 Å². The van der Waals surface area contributed by atoms with E-state index in [-0.39, 0.29) is 11.5 Å². The number of hydrogen-bond donors (Lipinski definition) is 2. The van der Waals surface area contributed by atoms with Crippen LogP contribution in [0.1, 0.15) is 29.0 Å². The number of nitrogens with one attached hydrogen (secondary N) is 2. The van der Waals surface area contributed by atoms with Gasteiger partial charge in [-0.25, -0.2) is 4.39 Å². The monoisotopic (exact) mass is 234 g/mol. The van der Waals surface area contributed by atoms with E-state index in [4.69, 9.17) is 0 Å². The quantitative estimate of drug-likeness (QED) is 0.844. The first kappa shape index (κ1) is 11.3. The van der Waals surface area contributed by atoms with Crippen molar-refractivity contribution in [1.82, 2.24) is 20.7 Å². The summed E-state index contributed by atoms with van der Waals surface area (Å²) in [7, 11) is 0. The number of carbonyl (C=O) groups excluding carboxylic acids is 1. The van der Waals surface area contributed by atoms with Crippen molar-refractivity contribution in [3.05, 3.63) is 47.5 Å². The predicted molar refractivity (Wildman–Crippen MR) is 58.7 cm³/mol. The van der Waals surface area contributed by atoms with Crippen molar-refractivity contribution in [2.45, 2.75) is 13.0 Å². The van der Waals surface area contributed by atoms with Gasteiger partial charge in [0.1, 0.15) is 5.82 Å². The van der Waals surface area contributed by atoms with Crippen LogP contribution in [0.15, 0.2) is 30.5 Å². The average molecular weight is 234 g/mol. The fourth-order valence-corrected chi connectivity index (χ4v) is 1.49. The molecule has 2 N–H and O–H groups in total. The summed E-state index contributed by atoms with van der Waals surface area (Å²) in [4.78, 5) is 11.6. The van der Waals surface area contributed by atoms with Crippen LogP contribution in [0, 0.1) is 5.82 Å². The number of nitrogens with zero attached hydrogens (tertiary/aromatic N) is 2. The Hall–Kier alpha value is -2.24. The van der Waals surface area contributed by atoms with Gasteiger partial charge >= 0.3 is 0 Å². The van der Waals surface area contributed by atoms with Crippen molar-refractivity contribution in [2.24, 2.45) is 0 Å². The number of hydrogen-bond acceptors (Lipinski definition) is 3. The lowest BCUT2D eigenvalue weighted by Crippen LogP contribution is -2.27. The van der Waals surface area contributed by atoms with Crippen molar-refractivity contribution in [3.63, 3.8) is 0 Å². The van der Waals surface area contributed by atoms with Gasteiger partial charge in [-0.15, -0.1) is 0 Å². The second-order valence-corrected chi connectivity index (χ2v) is 3.57. The van der Waals surface area contributed by atoms with Crippen molar-refractivity contribution in [1.29, 1.82) is 0 Å². The molecule has 0 saturated heterocycles. The number of carbonyl (C=O) groups is 1. The van der Waals surface area contributed by atoms with Crippen LogP contribution in [0.5, 0.6) is 0 Å². The lowest BCUT2D eigenvalue weighted by Gasteiger charge is -2.13. The van der Waals surface area contributed by atoms with Gasteiger partial charge in [-0.2, -0.15) is 15.4 Å². The Labute approximate surface area is 97.0 Å². The van der Waals surface area contributed by atoms with E-state index in [0.717, 1.165) is 0 Å². The Kier molecular flexibility index (Phi) is 3.13. The normalized spacial score (nSPS) is 12.1. The van der Waals surface area contributed by atoms with E-state index in [2.05, 4.69) is 20.7 Å². The van der Waals surface area contributed by atoms with Crippen LogP contribution in [0.2, 0.25) is 0 Å². The molecule has 0 saturated carbocycles. The Bertz CT molecular complexity index is 512. The highest BCUT2D eigenvalue weighted by atomic mass is 19.1. The number of halogens is 1. The third kappa shape index (κ3) is 2.47. The van der Waals surface area contributed by atoms with Crippen LogP contribution in [0.3, 0.4) is 0 Å². The average Bonchev–Trinajstić information content (AvgIpc) is 2.82. The lowest BCUT2D eigenvalue weighted by molar-refractivity contribution is 0.0934. The maximum absolute atomic E-state index is 13.4. The summed E-state index contributed by atoms with van der Waals surface area (Å²) >= 11 is 0.